The third-order valence-corrected chi connectivity index (χ3v) is 1.44. The van der Waals surface area contributed by atoms with Gasteiger partial charge in [0.25, 0.3) is 6.36 Å². The number of hydrogen-bond donors (Lipinski definition) is 0. The van der Waals surface area contributed by atoms with Gasteiger partial charge in [0, 0.05) is 0 Å². The van der Waals surface area contributed by atoms with Crippen LogP contribution in [0.4, 0.5) is 10.1 Å². The van der Waals surface area contributed by atoms with Crippen molar-refractivity contribution in [3.8, 4) is 5.75 Å². The molecule has 0 saturated carbocycles. The molecule has 1 unspecified atom stereocenters. The maximum Gasteiger partial charge on any atom is 0.274 e. The number of hydrogen-bond acceptors (Lipinski definition) is 2. The van der Waals surface area contributed by atoms with Crippen LogP contribution in [0.3, 0.4) is 0 Å². The number of fused-ring (bicyclic) bond motifs is 1. The van der Waals surface area contributed by atoms with Gasteiger partial charge in [-0.25, -0.2) is 0 Å². The largest absolute Gasteiger partial charge is 0.453 e. The number of nitrogens with zero attached hydrogens (tertiary/aromatic N) is 1. The molecule has 2 nitrogen and oxygen atoms in total. The maximum atomic E-state index is 12.5. The van der Waals surface area contributed by atoms with Crippen LogP contribution < -0.4 is 4.74 Å². The normalized spacial score (nSPS) is 20.6. The Balaban J connectivity index is 2.46. The Bertz CT molecular complexity index is 298. The minimum atomic E-state index is -1.40. The quantitative estimate of drug-likeness (QED) is 0.556. The van der Waals surface area contributed by atoms with E-state index in [4.69, 9.17) is 4.74 Å². The van der Waals surface area contributed by atoms with Crippen LogP contribution in [0.25, 0.3) is 0 Å². The molecule has 1 heterocycles. The van der Waals surface area contributed by atoms with Crippen molar-refractivity contribution in [1.29, 1.82) is 0 Å². The average Bonchev–Trinajstić information content (AvgIpc) is 2.04. The molecule has 0 aliphatic carbocycles. The van der Waals surface area contributed by atoms with E-state index < -0.39 is 6.36 Å². The second-order valence-electron chi connectivity index (χ2n) is 2.21. The zero-order valence-electron chi connectivity index (χ0n) is 5.70. The van der Waals surface area contributed by atoms with Crippen LogP contribution in [-0.4, -0.2) is 12.6 Å². The van der Waals surface area contributed by atoms with E-state index in [2.05, 4.69) is 4.99 Å². The molecule has 1 aliphatic heterocycles. The third kappa shape index (κ3) is 1.09. The van der Waals surface area contributed by atoms with Crippen LogP contribution in [0.2, 0.25) is 0 Å². The summed E-state index contributed by atoms with van der Waals surface area (Å²) in [6.07, 6.45) is -0.257. The molecule has 1 aliphatic rings. The molecular formula is C8H6FNO. The molecule has 0 fully saturated rings. The highest BCUT2D eigenvalue weighted by molar-refractivity contribution is 5.72. The highest BCUT2D eigenvalue weighted by Crippen LogP contribution is 2.30. The van der Waals surface area contributed by atoms with Crippen LogP contribution in [0, 0.1) is 0 Å². The molecule has 11 heavy (non-hydrogen) atoms. The van der Waals surface area contributed by atoms with Gasteiger partial charge in [0.2, 0.25) is 0 Å². The molecule has 0 bridgehead atoms. The van der Waals surface area contributed by atoms with Gasteiger partial charge in [-0.15, -0.1) is 0 Å². The molecular weight excluding hydrogens is 145 g/mol. The van der Waals surface area contributed by atoms with Crippen LogP contribution in [0.15, 0.2) is 29.3 Å². The van der Waals surface area contributed by atoms with Crippen molar-refractivity contribution in [3.05, 3.63) is 24.3 Å². The molecule has 1 aromatic rings. The van der Waals surface area contributed by atoms with Crippen molar-refractivity contribution < 1.29 is 9.13 Å². The van der Waals surface area contributed by atoms with E-state index in [1.807, 2.05) is 6.07 Å². The number of para-hydroxylation sites is 2. The van der Waals surface area contributed by atoms with E-state index in [1.165, 1.54) is 0 Å². The Labute approximate surface area is 63.3 Å². The Morgan fingerprint density at radius 3 is 3.09 bits per heavy atom. The third-order valence-electron chi connectivity index (χ3n) is 1.44. The first-order valence-corrected chi connectivity index (χ1v) is 3.30. The molecule has 0 saturated heterocycles. The lowest BCUT2D eigenvalue weighted by Crippen LogP contribution is -2.14. The van der Waals surface area contributed by atoms with Gasteiger partial charge in [0.05, 0.1) is 6.21 Å². The molecule has 0 radical (unpaired) electrons. The lowest BCUT2D eigenvalue weighted by Gasteiger charge is -2.13. The summed E-state index contributed by atoms with van der Waals surface area (Å²) in [5.41, 5.74) is 0.682. The summed E-state index contributed by atoms with van der Waals surface area (Å²) in [4.78, 5) is 3.85. The average molecular weight is 151 g/mol. The summed E-state index contributed by atoms with van der Waals surface area (Å²) in [5, 5.41) is 0. The fraction of sp³-hybridized carbons (Fsp3) is 0.125. The van der Waals surface area contributed by atoms with Crippen molar-refractivity contribution in [2.24, 2.45) is 4.99 Å². The second-order valence-corrected chi connectivity index (χ2v) is 2.21. The molecule has 3 heteroatoms. The fourth-order valence-electron chi connectivity index (χ4n) is 0.954. The van der Waals surface area contributed by atoms with E-state index in [9.17, 15) is 4.39 Å². The van der Waals surface area contributed by atoms with Crippen molar-refractivity contribution in [2.75, 3.05) is 0 Å². The Kier molecular flexibility index (Phi) is 1.35. The number of ether oxygens (including phenoxy) is 1. The predicted octanol–water partition coefficient (Wildman–Crippen LogP) is 2.08. The van der Waals surface area contributed by atoms with Crippen LogP contribution in [-0.2, 0) is 0 Å². The van der Waals surface area contributed by atoms with Crippen molar-refractivity contribution in [3.63, 3.8) is 0 Å². The highest BCUT2D eigenvalue weighted by atomic mass is 19.1. The van der Waals surface area contributed by atoms with Crippen molar-refractivity contribution in [1.82, 2.24) is 0 Å². The standard InChI is InChI=1S/C8H6FNO/c9-8-5-10-6-3-1-2-4-7(6)11-8/h1-5,8H. The van der Waals surface area contributed by atoms with E-state index >= 15 is 0 Å². The number of alkyl halides is 1. The first kappa shape index (κ1) is 6.34. The number of benzene rings is 1. The summed E-state index contributed by atoms with van der Waals surface area (Å²) >= 11 is 0. The van der Waals surface area contributed by atoms with E-state index in [-0.39, 0.29) is 0 Å². The summed E-state index contributed by atoms with van der Waals surface area (Å²) < 4.78 is 17.3. The smallest absolute Gasteiger partial charge is 0.274 e. The lowest BCUT2D eigenvalue weighted by atomic mass is 10.3. The first-order valence-electron chi connectivity index (χ1n) is 3.30. The minimum absolute atomic E-state index is 0.502. The molecule has 0 N–H and O–H groups in total. The number of aliphatic imine (C=N–C) groups is 1. The zero-order valence-corrected chi connectivity index (χ0v) is 5.70. The first-order chi connectivity index (χ1) is 5.36. The molecule has 56 valence electrons. The van der Waals surface area contributed by atoms with Crippen molar-refractivity contribution in [2.45, 2.75) is 6.36 Å². The maximum absolute atomic E-state index is 12.5. The van der Waals surface area contributed by atoms with E-state index in [0.717, 1.165) is 6.21 Å². The second kappa shape index (κ2) is 2.34. The van der Waals surface area contributed by atoms with Gasteiger partial charge >= 0.3 is 0 Å². The molecule has 0 spiro atoms. The van der Waals surface area contributed by atoms with Gasteiger partial charge in [-0.1, -0.05) is 12.1 Å². The minimum Gasteiger partial charge on any atom is -0.453 e. The van der Waals surface area contributed by atoms with E-state index in [0.29, 0.717) is 11.4 Å². The van der Waals surface area contributed by atoms with Gasteiger partial charge in [0.1, 0.15) is 11.4 Å². The summed E-state index contributed by atoms with van der Waals surface area (Å²) in [6, 6.07) is 7.08. The molecule has 2 rings (SSSR count). The predicted molar refractivity (Wildman–Crippen MR) is 40.1 cm³/mol. The SMILES string of the molecule is FC1C=Nc2ccccc2O1. The fourth-order valence-corrected chi connectivity index (χ4v) is 0.954. The summed E-state index contributed by atoms with van der Waals surface area (Å²) in [7, 11) is 0. The van der Waals surface area contributed by atoms with Gasteiger partial charge in [-0.3, -0.25) is 4.99 Å². The summed E-state index contributed by atoms with van der Waals surface area (Å²) in [6.45, 7) is 0. The topological polar surface area (TPSA) is 21.6 Å². The van der Waals surface area contributed by atoms with Gasteiger partial charge < -0.3 is 4.74 Å². The highest BCUT2D eigenvalue weighted by Gasteiger charge is 2.12. The Hall–Kier alpha value is -1.38. The molecule has 1 aromatic carbocycles. The number of rotatable bonds is 0. The lowest BCUT2D eigenvalue weighted by molar-refractivity contribution is 0.134. The Morgan fingerprint density at radius 2 is 2.18 bits per heavy atom. The van der Waals surface area contributed by atoms with Gasteiger partial charge in [-0.2, -0.15) is 4.39 Å². The zero-order chi connectivity index (χ0) is 7.68. The van der Waals surface area contributed by atoms with Gasteiger partial charge in [0.15, 0.2) is 0 Å². The van der Waals surface area contributed by atoms with Crippen molar-refractivity contribution >= 4 is 11.9 Å². The summed E-state index contributed by atoms with van der Waals surface area (Å²) in [5.74, 6) is 0.502. The monoisotopic (exact) mass is 151 g/mol. The molecule has 1 atom stereocenters. The molecule has 0 amide bonds. The van der Waals surface area contributed by atoms with Gasteiger partial charge in [-0.05, 0) is 12.1 Å². The van der Waals surface area contributed by atoms with Crippen LogP contribution >= 0.6 is 0 Å². The van der Waals surface area contributed by atoms with Crippen LogP contribution in [0.1, 0.15) is 0 Å². The Morgan fingerprint density at radius 1 is 1.36 bits per heavy atom. The molecule has 0 aromatic heterocycles. The van der Waals surface area contributed by atoms with E-state index in [1.54, 1.807) is 18.2 Å². The number of halogens is 1. The van der Waals surface area contributed by atoms with Crippen LogP contribution in [0.5, 0.6) is 5.75 Å².